The Hall–Kier alpha value is -3.76. The Balaban J connectivity index is 0.00000216. The number of phenols is 1. The number of allylic oxidation sites excluding steroid dienone is 12. The summed E-state index contributed by atoms with van der Waals surface area (Å²) in [5.41, 5.74) is 8.56. The van der Waals surface area contributed by atoms with Gasteiger partial charge in [0, 0.05) is 25.1 Å². The summed E-state index contributed by atoms with van der Waals surface area (Å²) in [7, 11) is 0. The molecule has 6 rings (SSSR count). The Bertz CT molecular complexity index is 1400. The van der Waals surface area contributed by atoms with Gasteiger partial charge in [0.15, 0.2) is 0 Å². The number of nitrogens with zero attached hydrogens (tertiary/aromatic N) is 4. The quantitative estimate of drug-likeness (QED) is 0.594. The smallest absolute Gasteiger partial charge is 0.115 e. The number of rotatable bonds is 1. The van der Waals surface area contributed by atoms with Crippen LogP contribution in [0, 0.1) is 0 Å². The minimum Gasteiger partial charge on any atom is -0.508 e. The largest absolute Gasteiger partial charge is 0.508 e. The van der Waals surface area contributed by atoms with Crippen molar-refractivity contribution in [1.29, 1.82) is 0 Å². The van der Waals surface area contributed by atoms with E-state index in [0.717, 1.165) is 56.8 Å². The van der Waals surface area contributed by atoms with E-state index in [1.165, 1.54) is 0 Å². The fourth-order valence-corrected chi connectivity index (χ4v) is 3.82. The predicted octanol–water partition coefficient (Wildman–Crippen LogP) is 4.81. The number of aromatic hydroxyl groups is 1. The first-order valence-corrected chi connectivity index (χ1v) is 9.96. The number of hydrogen-bond donors (Lipinski definition) is 1. The van der Waals surface area contributed by atoms with Gasteiger partial charge >= 0.3 is 0 Å². The van der Waals surface area contributed by atoms with E-state index in [9.17, 15) is 5.11 Å². The second-order valence-electron chi connectivity index (χ2n) is 7.46. The summed E-state index contributed by atoms with van der Waals surface area (Å²) in [6.07, 6.45) is 21.7. The minimum atomic E-state index is 0. The summed E-state index contributed by atoms with van der Waals surface area (Å²) in [5, 5.41) is 9.74. The molecule has 5 heterocycles. The van der Waals surface area contributed by atoms with Crippen molar-refractivity contribution in [1.82, 2.24) is 0 Å². The van der Waals surface area contributed by atoms with Crippen LogP contribution in [-0.2, 0) is 19.5 Å². The molecular formula is C26H16N4OZn. The second-order valence-corrected chi connectivity index (χ2v) is 7.46. The topological polar surface area (TPSA) is 69.7 Å². The molecular weight excluding hydrogens is 450 g/mol. The van der Waals surface area contributed by atoms with Crippen molar-refractivity contribution in [3.63, 3.8) is 0 Å². The molecule has 0 unspecified atom stereocenters. The third kappa shape index (κ3) is 3.81. The van der Waals surface area contributed by atoms with Gasteiger partial charge in [0.1, 0.15) is 5.75 Å². The number of benzene rings is 1. The van der Waals surface area contributed by atoms with Crippen LogP contribution < -0.4 is 0 Å². The number of hydrogen-bond acceptors (Lipinski definition) is 5. The van der Waals surface area contributed by atoms with E-state index in [-0.39, 0.29) is 25.2 Å². The van der Waals surface area contributed by atoms with Crippen molar-refractivity contribution in [3.8, 4) is 5.75 Å². The number of aliphatic imine (C=N–C) groups is 4. The van der Waals surface area contributed by atoms with Gasteiger partial charge in [0.05, 0.1) is 45.6 Å². The van der Waals surface area contributed by atoms with E-state index in [0.29, 0.717) is 0 Å². The Labute approximate surface area is 197 Å². The zero-order chi connectivity index (χ0) is 20.8. The molecule has 1 N–H and O–H groups in total. The zero-order valence-corrected chi connectivity index (χ0v) is 20.1. The van der Waals surface area contributed by atoms with Gasteiger partial charge < -0.3 is 5.11 Å². The number of phenolic OH excluding ortho intramolecular Hbond substituents is 1. The summed E-state index contributed by atoms with van der Waals surface area (Å²) in [5.74, 6) is 0.222. The molecule has 0 fully saturated rings. The van der Waals surface area contributed by atoms with E-state index in [2.05, 4.69) is 9.98 Å². The third-order valence-corrected chi connectivity index (χ3v) is 5.24. The Morgan fingerprint density at radius 3 is 1.72 bits per heavy atom. The Morgan fingerprint density at radius 2 is 1.06 bits per heavy atom. The summed E-state index contributed by atoms with van der Waals surface area (Å²) in [6.45, 7) is 0. The fraction of sp³-hybridized carbons (Fsp3) is 0. The molecule has 0 aliphatic carbocycles. The van der Waals surface area contributed by atoms with Gasteiger partial charge in [-0.15, -0.1) is 0 Å². The molecule has 0 spiro atoms. The van der Waals surface area contributed by atoms with Gasteiger partial charge in [-0.25, -0.2) is 20.0 Å². The minimum absolute atomic E-state index is 0. The molecule has 5 aliphatic rings. The van der Waals surface area contributed by atoms with Crippen molar-refractivity contribution in [2.24, 2.45) is 20.0 Å². The summed E-state index contributed by atoms with van der Waals surface area (Å²) in [4.78, 5) is 19.0. The van der Waals surface area contributed by atoms with Crippen LogP contribution in [0.15, 0.2) is 134 Å². The third-order valence-electron chi connectivity index (χ3n) is 5.24. The van der Waals surface area contributed by atoms with Crippen LogP contribution in [0.5, 0.6) is 5.75 Å². The molecule has 0 radical (unpaired) electrons. The molecule has 32 heavy (non-hydrogen) atoms. The summed E-state index contributed by atoms with van der Waals surface area (Å²) in [6, 6.07) is 7.11. The molecule has 5 nitrogen and oxygen atoms in total. The molecule has 0 saturated carbocycles. The van der Waals surface area contributed by atoms with Crippen LogP contribution in [0.3, 0.4) is 0 Å². The second kappa shape index (κ2) is 8.06. The first-order chi connectivity index (χ1) is 15.2. The zero-order valence-electron chi connectivity index (χ0n) is 17.1. The normalized spacial score (nSPS) is 19.8. The fourth-order valence-electron chi connectivity index (χ4n) is 3.82. The summed E-state index contributed by atoms with van der Waals surface area (Å²) < 4.78 is 0. The van der Waals surface area contributed by atoms with Gasteiger partial charge in [-0.1, -0.05) is 12.1 Å². The first kappa shape index (κ1) is 20.2. The van der Waals surface area contributed by atoms with Crippen molar-refractivity contribution >= 4 is 28.4 Å². The average molecular weight is 466 g/mol. The van der Waals surface area contributed by atoms with Gasteiger partial charge in [0.2, 0.25) is 0 Å². The van der Waals surface area contributed by atoms with Crippen LogP contribution in [0.1, 0.15) is 5.56 Å². The monoisotopic (exact) mass is 464 g/mol. The van der Waals surface area contributed by atoms with E-state index in [1.807, 2.05) is 79.0 Å². The first-order valence-electron chi connectivity index (χ1n) is 9.96. The molecule has 0 amide bonds. The predicted molar refractivity (Wildman–Crippen MR) is 126 cm³/mol. The molecule has 8 bridgehead atoms. The Kier molecular flexibility index (Phi) is 5.08. The van der Waals surface area contributed by atoms with Crippen molar-refractivity contribution in [2.45, 2.75) is 0 Å². The SMILES string of the molecule is Oc1ccc(C2=C3C=CC(=N3)C=C3C=CC(=N3)C=C3C=CC(=N3)C=C3C=CC2=N3)cc1.[Zn]. The van der Waals surface area contributed by atoms with Crippen LogP contribution in [0.2, 0.25) is 0 Å². The standard InChI is InChI=1S/C26H16N4O.Zn/c31-23-9-1-16(2-10-23)26-24-11-7-21(29-24)14-19-5-3-17(27-19)13-18-4-6-20(28-18)15-22-8-12-25(26)30-22;/h1-15,31H;. The van der Waals surface area contributed by atoms with E-state index in [4.69, 9.17) is 9.98 Å². The van der Waals surface area contributed by atoms with Gasteiger partial charge in [-0.3, -0.25) is 0 Å². The van der Waals surface area contributed by atoms with Crippen molar-refractivity contribution in [2.75, 3.05) is 0 Å². The number of fused-ring (bicyclic) bond motifs is 4. The van der Waals surface area contributed by atoms with E-state index < -0.39 is 0 Å². The van der Waals surface area contributed by atoms with Gasteiger partial charge in [-0.2, -0.15) is 0 Å². The molecule has 0 atom stereocenters. The van der Waals surface area contributed by atoms with E-state index in [1.54, 1.807) is 12.1 Å². The molecule has 148 valence electrons. The van der Waals surface area contributed by atoms with Crippen molar-refractivity contribution in [3.05, 3.63) is 119 Å². The maximum Gasteiger partial charge on any atom is 0.115 e. The Morgan fingerprint density at radius 1 is 0.531 bits per heavy atom. The maximum absolute atomic E-state index is 9.74. The van der Waals surface area contributed by atoms with Crippen LogP contribution in [-0.4, -0.2) is 28.0 Å². The van der Waals surface area contributed by atoms with Crippen molar-refractivity contribution < 1.29 is 24.6 Å². The van der Waals surface area contributed by atoms with Gasteiger partial charge in [0.25, 0.3) is 0 Å². The molecule has 1 aromatic rings. The molecule has 6 heteroatoms. The summed E-state index contributed by atoms with van der Waals surface area (Å²) >= 11 is 0. The van der Waals surface area contributed by atoms with Crippen LogP contribution in [0.4, 0.5) is 0 Å². The molecule has 0 saturated heterocycles. The average Bonchev–Trinajstić information content (AvgIpc) is 3.55. The molecule has 1 aromatic carbocycles. The van der Waals surface area contributed by atoms with Crippen LogP contribution in [0.25, 0.3) is 5.57 Å². The molecule has 5 aliphatic heterocycles. The van der Waals surface area contributed by atoms with Crippen LogP contribution >= 0.6 is 0 Å². The maximum atomic E-state index is 9.74. The van der Waals surface area contributed by atoms with Gasteiger partial charge in [-0.05, 0) is 84.5 Å². The molecule has 0 aromatic heterocycles. The van der Waals surface area contributed by atoms with E-state index >= 15 is 0 Å².